The van der Waals surface area contributed by atoms with Crippen LogP contribution in [0.5, 0.6) is 5.75 Å². The van der Waals surface area contributed by atoms with Crippen molar-refractivity contribution in [1.29, 1.82) is 0 Å². The lowest BCUT2D eigenvalue weighted by Gasteiger charge is -2.11. The molecule has 0 aliphatic heterocycles. The van der Waals surface area contributed by atoms with Crippen LogP contribution in [0.15, 0.2) is 30.3 Å². The van der Waals surface area contributed by atoms with Gasteiger partial charge in [-0.1, -0.05) is 19.1 Å². The van der Waals surface area contributed by atoms with E-state index in [-0.39, 0.29) is 6.04 Å². The molecule has 20 heavy (non-hydrogen) atoms. The molecule has 1 aromatic carbocycles. The molecule has 1 unspecified atom stereocenters. The summed E-state index contributed by atoms with van der Waals surface area (Å²) >= 11 is 0. The Morgan fingerprint density at radius 1 is 1.25 bits per heavy atom. The van der Waals surface area contributed by atoms with Crippen molar-refractivity contribution >= 4 is 0 Å². The second-order valence-corrected chi connectivity index (χ2v) is 4.97. The molecule has 108 valence electrons. The normalized spacial score (nSPS) is 12.4. The molecule has 2 aromatic rings. The molecule has 0 amide bonds. The zero-order valence-electron chi connectivity index (χ0n) is 12.5. The number of ether oxygens (including phenoxy) is 1. The van der Waals surface area contributed by atoms with Crippen molar-refractivity contribution in [3.05, 3.63) is 47.3 Å². The van der Waals surface area contributed by atoms with Crippen molar-refractivity contribution < 1.29 is 4.74 Å². The maximum absolute atomic E-state index is 6.00. The largest absolute Gasteiger partial charge is 0.487 e. The van der Waals surface area contributed by atoms with E-state index in [9.17, 15) is 0 Å². The number of rotatable bonds is 6. The average molecular weight is 273 g/mol. The molecule has 1 atom stereocenters. The van der Waals surface area contributed by atoms with Crippen LogP contribution in [0.1, 0.15) is 43.3 Å². The molecule has 4 nitrogen and oxygen atoms in total. The topological polar surface area (TPSA) is 53.1 Å². The first kappa shape index (κ1) is 14.6. The maximum Gasteiger partial charge on any atom is 0.130 e. The van der Waals surface area contributed by atoms with Gasteiger partial charge in [0.1, 0.15) is 12.4 Å². The summed E-state index contributed by atoms with van der Waals surface area (Å²) < 4.78 is 7.78. The van der Waals surface area contributed by atoms with Gasteiger partial charge in [0, 0.05) is 12.6 Å². The van der Waals surface area contributed by atoms with Crippen LogP contribution in [-0.4, -0.2) is 9.78 Å². The molecule has 2 rings (SSSR count). The van der Waals surface area contributed by atoms with Gasteiger partial charge in [0.2, 0.25) is 0 Å². The molecular formula is C16H23N3O. The first-order chi connectivity index (χ1) is 9.63. The lowest BCUT2D eigenvalue weighted by Crippen LogP contribution is -2.08. The number of hydrogen-bond acceptors (Lipinski definition) is 3. The second-order valence-electron chi connectivity index (χ2n) is 4.97. The Labute approximate surface area is 120 Å². The average Bonchev–Trinajstić information content (AvgIpc) is 2.85. The Morgan fingerprint density at radius 2 is 1.95 bits per heavy atom. The summed E-state index contributed by atoms with van der Waals surface area (Å²) in [4.78, 5) is 0. The van der Waals surface area contributed by atoms with E-state index in [0.29, 0.717) is 6.61 Å². The third kappa shape index (κ3) is 3.39. The summed E-state index contributed by atoms with van der Waals surface area (Å²) in [5.74, 6) is 0.860. The molecular weight excluding hydrogens is 250 g/mol. The van der Waals surface area contributed by atoms with Gasteiger partial charge in [0.25, 0.3) is 0 Å². The highest BCUT2D eigenvalue weighted by atomic mass is 16.5. The van der Waals surface area contributed by atoms with Crippen molar-refractivity contribution in [3.8, 4) is 5.75 Å². The Hall–Kier alpha value is -1.81. The van der Waals surface area contributed by atoms with Gasteiger partial charge in [0.05, 0.1) is 11.4 Å². The second kappa shape index (κ2) is 6.57. The van der Waals surface area contributed by atoms with Crippen LogP contribution < -0.4 is 10.5 Å². The fraction of sp³-hybridized carbons (Fsp3) is 0.438. The van der Waals surface area contributed by atoms with Crippen LogP contribution in [0.3, 0.4) is 0 Å². The number of hydrogen-bond donors (Lipinski definition) is 1. The first-order valence-electron chi connectivity index (χ1n) is 7.15. The minimum absolute atomic E-state index is 0.105. The lowest BCUT2D eigenvalue weighted by molar-refractivity contribution is 0.292. The number of nitrogens with zero attached hydrogens (tertiary/aromatic N) is 2. The third-order valence-electron chi connectivity index (χ3n) is 3.42. The van der Waals surface area contributed by atoms with Crippen LogP contribution in [-0.2, 0) is 13.2 Å². The predicted octanol–water partition coefficient (Wildman–Crippen LogP) is 3.20. The van der Waals surface area contributed by atoms with Crippen molar-refractivity contribution in [2.24, 2.45) is 5.73 Å². The molecule has 0 saturated carbocycles. The van der Waals surface area contributed by atoms with Crippen LogP contribution >= 0.6 is 0 Å². The summed E-state index contributed by atoms with van der Waals surface area (Å²) in [7, 11) is 0. The smallest absolute Gasteiger partial charge is 0.130 e. The van der Waals surface area contributed by atoms with Crippen LogP contribution in [0.2, 0.25) is 0 Å². The van der Waals surface area contributed by atoms with Gasteiger partial charge in [-0.3, -0.25) is 4.68 Å². The van der Waals surface area contributed by atoms with Crippen molar-refractivity contribution in [2.75, 3.05) is 0 Å². The predicted molar refractivity (Wildman–Crippen MR) is 80.6 cm³/mol. The fourth-order valence-corrected chi connectivity index (χ4v) is 2.19. The number of benzene rings is 1. The Kier molecular flexibility index (Phi) is 4.79. The summed E-state index contributed by atoms with van der Waals surface area (Å²) in [6, 6.07) is 10.2. The van der Waals surface area contributed by atoms with Crippen LogP contribution in [0.25, 0.3) is 0 Å². The van der Waals surface area contributed by atoms with Gasteiger partial charge in [-0.15, -0.1) is 0 Å². The highest BCUT2D eigenvalue weighted by molar-refractivity contribution is 5.29. The molecule has 1 heterocycles. The molecule has 0 saturated heterocycles. The van der Waals surface area contributed by atoms with Gasteiger partial charge in [-0.2, -0.15) is 5.10 Å². The molecule has 0 aliphatic carbocycles. The molecule has 4 heteroatoms. The highest BCUT2D eigenvalue weighted by Crippen LogP contribution is 2.19. The number of aryl methyl sites for hydroxylation is 2. The summed E-state index contributed by atoms with van der Waals surface area (Å²) in [5.41, 5.74) is 9.26. The number of aromatic nitrogens is 2. The Morgan fingerprint density at radius 3 is 2.55 bits per heavy atom. The van der Waals surface area contributed by atoms with E-state index in [0.717, 1.165) is 35.7 Å². The molecule has 2 N–H and O–H groups in total. The summed E-state index contributed by atoms with van der Waals surface area (Å²) in [6.45, 7) is 7.56. The monoisotopic (exact) mass is 273 g/mol. The Balaban J connectivity index is 2.00. The number of nitrogens with two attached hydrogens (primary N) is 1. The molecule has 0 spiro atoms. The van der Waals surface area contributed by atoms with E-state index in [1.165, 1.54) is 0 Å². The fourth-order valence-electron chi connectivity index (χ4n) is 2.19. The van der Waals surface area contributed by atoms with E-state index < -0.39 is 0 Å². The standard InChI is InChI=1S/C16H23N3O/c1-4-16(17)13-6-8-15(9-7-13)20-11-14-10-12(3)18-19(14)5-2/h6-10,16H,4-5,11,17H2,1-3H3. The first-order valence-corrected chi connectivity index (χ1v) is 7.15. The van der Waals surface area contributed by atoms with Crippen LogP contribution in [0, 0.1) is 6.92 Å². The van der Waals surface area contributed by atoms with Crippen molar-refractivity contribution in [3.63, 3.8) is 0 Å². The Bertz CT molecular complexity index is 545. The van der Waals surface area contributed by atoms with E-state index in [1.807, 2.05) is 35.9 Å². The third-order valence-corrected chi connectivity index (χ3v) is 3.42. The van der Waals surface area contributed by atoms with Crippen molar-refractivity contribution in [1.82, 2.24) is 9.78 Å². The van der Waals surface area contributed by atoms with Gasteiger partial charge >= 0.3 is 0 Å². The maximum atomic E-state index is 6.00. The van der Waals surface area contributed by atoms with E-state index in [1.54, 1.807) is 0 Å². The zero-order valence-corrected chi connectivity index (χ0v) is 12.5. The molecule has 1 aromatic heterocycles. The zero-order chi connectivity index (χ0) is 14.5. The molecule has 0 aliphatic rings. The quantitative estimate of drug-likeness (QED) is 0.879. The SMILES string of the molecule is CCC(N)c1ccc(OCc2cc(C)nn2CC)cc1. The molecule has 0 radical (unpaired) electrons. The van der Waals surface area contributed by atoms with E-state index >= 15 is 0 Å². The minimum atomic E-state index is 0.105. The van der Waals surface area contributed by atoms with Gasteiger partial charge in [-0.25, -0.2) is 0 Å². The van der Waals surface area contributed by atoms with Crippen molar-refractivity contribution in [2.45, 2.75) is 46.4 Å². The minimum Gasteiger partial charge on any atom is -0.487 e. The van der Waals surface area contributed by atoms with Gasteiger partial charge in [0.15, 0.2) is 0 Å². The van der Waals surface area contributed by atoms with E-state index in [4.69, 9.17) is 10.5 Å². The van der Waals surface area contributed by atoms with Gasteiger partial charge in [-0.05, 0) is 44.0 Å². The highest BCUT2D eigenvalue weighted by Gasteiger charge is 2.06. The summed E-state index contributed by atoms with van der Waals surface area (Å²) in [5, 5.41) is 4.41. The lowest BCUT2D eigenvalue weighted by atomic mass is 10.1. The van der Waals surface area contributed by atoms with Gasteiger partial charge < -0.3 is 10.5 Å². The summed E-state index contributed by atoms with van der Waals surface area (Å²) in [6.07, 6.45) is 0.940. The van der Waals surface area contributed by atoms with E-state index in [2.05, 4.69) is 25.0 Å². The molecule has 0 bridgehead atoms. The van der Waals surface area contributed by atoms with Crippen LogP contribution in [0.4, 0.5) is 0 Å². The molecule has 0 fully saturated rings.